The second kappa shape index (κ2) is 8.63. The van der Waals surface area contributed by atoms with Gasteiger partial charge in [-0.1, -0.05) is 81.6 Å². The summed E-state index contributed by atoms with van der Waals surface area (Å²) >= 11 is 0. The molecule has 0 radical (unpaired) electrons. The third kappa shape index (κ3) is 3.97. The highest BCUT2D eigenvalue weighted by Crippen LogP contribution is 2.70. The normalized spacial score (nSPS) is 21.6. The minimum absolute atomic E-state index is 0.0971. The van der Waals surface area contributed by atoms with Crippen LogP contribution in [0.15, 0.2) is 77.7 Å². The van der Waals surface area contributed by atoms with Crippen LogP contribution in [0, 0.1) is 6.92 Å². The first-order valence-electron chi connectivity index (χ1n) is 10.4. The molecule has 0 bridgehead atoms. The molecule has 0 aromatic heterocycles. The summed E-state index contributed by atoms with van der Waals surface area (Å²) in [7, 11) is -5.20. The predicted molar refractivity (Wildman–Crippen MR) is 125 cm³/mol. The summed E-state index contributed by atoms with van der Waals surface area (Å²) in [4.78, 5) is 0.0971. The molecule has 1 aliphatic heterocycles. The Morgan fingerprint density at radius 1 is 0.867 bits per heavy atom. The highest BCUT2D eigenvalue weighted by molar-refractivity contribution is 7.86. The van der Waals surface area contributed by atoms with Crippen molar-refractivity contribution < 1.29 is 13.0 Å². The van der Waals surface area contributed by atoms with Gasteiger partial charge in [0, 0.05) is 16.6 Å². The third-order valence-electron chi connectivity index (χ3n) is 6.12. The summed E-state index contributed by atoms with van der Waals surface area (Å²) in [6.45, 7) is 4.11. The van der Waals surface area contributed by atoms with Gasteiger partial charge in [-0.15, -0.1) is 0 Å². The Bertz CT molecular complexity index is 1080. The SMILES string of the molecule is CCc1c(C)ccc(S(=O)(=O)O)c1P1C(c2ccccc2)CCC1c1ccccc1. The average molecular weight is 439 g/mol. The molecule has 0 saturated carbocycles. The third-order valence-corrected chi connectivity index (χ3v) is 10.7. The van der Waals surface area contributed by atoms with Crippen LogP contribution in [-0.2, 0) is 16.5 Å². The number of hydrogen-bond acceptors (Lipinski definition) is 2. The zero-order valence-electron chi connectivity index (χ0n) is 17.3. The van der Waals surface area contributed by atoms with Gasteiger partial charge in [-0.3, -0.25) is 4.55 Å². The topological polar surface area (TPSA) is 54.4 Å². The molecule has 3 nitrogen and oxygen atoms in total. The summed E-state index contributed by atoms with van der Waals surface area (Å²) < 4.78 is 35.0. The maximum atomic E-state index is 12.4. The molecule has 2 atom stereocenters. The maximum absolute atomic E-state index is 12.4. The van der Waals surface area contributed by atoms with E-state index in [0.29, 0.717) is 0 Å². The van der Waals surface area contributed by atoms with E-state index in [1.165, 1.54) is 11.1 Å². The Hall–Kier alpha value is -2.00. The van der Waals surface area contributed by atoms with Crippen molar-refractivity contribution in [2.75, 3.05) is 0 Å². The Labute approximate surface area is 180 Å². The van der Waals surface area contributed by atoms with Crippen LogP contribution < -0.4 is 5.30 Å². The molecule has 3 aromatic carbocycles. The van der Waals surface area contributed by atoms with E-state index in [-0.39, 0.29) is 16.2 Å². The quantitative estimate of drug-likeness (QED) is 0.382. The van der Waals surface area contributed by atoms with Crippen molar-refractivity contribution in [2.24, 2.45) is 0 Å². The van der Waals surface area contributed by atoms with Gasteiger partial charge in [0.1, 0.15) is 4.90 Å². The maximum Gasteiger partial charge on any atom is 0.295 e. The van der Waals surface area contributed by atoms with E-state index in [2.05, 4.69) is 55.5 Å². The lowest BCUT2D eigenvalue weighted by Gasteiger charge is -2.31. The van der Waals surface area contributed by atoms with Crippen molar-refractivity contribution in [1.29, 1.82) is 0 Å². The van der Waals surface area contributed by atoms with Gasteiger partial charge in [-0.2, -0.15) is 8.42 Å². The first-order valence-corrected chi connectivity index (χ1v) is 13.3. The van der Waals surface area contributed by atoms with E-state index < -0.39 is 18.0 Å². The molecule has 156 valence electrons. The second-order valence-electron chi connectivity index (χ2n) is 7.87. The molecule has 1 fully saturated rings. The van der Waals surface area contributed by atoms with E-state index in [1.54, 1.807) is 6.07 Å². The molecule has 4 rings (SSSR count). The van der Waals surface area contributed by atoms with E-state index in [1.807, 2.05) is 25.1 Å². The molecule has 0 spiro atoms. The van der Waals surface area contributed by atoms with Crippen LogP contribution in [0.25, 0.3) is 0 Å². The van der Waals surface area contributed by atoms with Crippen molar-refractivity contribution >= 4 is 23.3 Å². The Kier molecular flexibility index (Phi) is 6.11. The van der Waals surface area contributed by atoms with E-state index in [0.717, 1.165) is 35.7 Å². The number of benzene rings is 3. The largest absolute Gasteiger partial charge is 0.295 e. The summed E-state index contributed by atoms with van der Waals surface area (Å²) in [5.74, 6) is 0. The smallest absolute Gasteiger partial charge is 0.282 e. The van der Waals surface area contributed by atoms with Crippen molar-refractivity contribution in [1.82, 2.24) is 0 Å². The van der Waals surface area contributed by atoms with Crippen molar-refractivity contribution in [3.8, 4) is 0 Å². The van der Waals surface area contributed by atoms with Crippen LogP contribution in [0.4, 0.5) is 0 Å². The Morgan fingerprint density at radius 3 is 1.80 bits per heavy atom. The number of hydrogen-bond donors (Lipinski definition) is 1. The minimum atomic E-state index is -4.32. The van der Waals surface area contributed by atoms with E-state index in [9.17, 15) is 13.0 Å². The molecule has 0 amide bonds. The van der Waals surface area contributed by atoms with Crippen LogP contribution in [0.3, 0.4) is 0 Å². The fraction of sp³-hybridized carbons (Fsp3) is 0.280. The van der Waals surface area contributed by atoms with Crippen LogP contribution >= 0.6 is 7.92 Å². The molecule has 2 unspecified atom stereocenters. The standard InChI is InChI=1S/C25H27O3PS/c1-3-21-18(2)14-17-24(30(26,27)28)25(21)29-22(19-10-6-4-7-11-19)15-16-23(29)20-12-8-5-9-13-20/h4-14,17,22-23H,3,15-16H2,1-2H3,(H,26,27,28). The first-order chi connectivity index (χ1) is 14.4. The fourth-order valence-electron chi connectivity index (χ4n) is 4.78. The highest BCUT2D eigenvalue weighted by Gasteiger charge is 2.41. The Morgan fingerprint density at radius 2 is 1.37 bits per heavy atom. The Balaban J connectivity index is 1.99. The zero-order chi connectivity index (χ0) is 21.3. The van der Waals surface area contributed by atoms with Gasteiger partial charge in [0.2, 0.25) is 0 Å². The van der Waals surface area contributed by atoms with Crippen LogP contribution in [0.1, 0.15) is 53.3 Å². The number of aryl methyl sites for hydroxylation is 1. The molecule has 5 heteroatoms. The summed E-state index contributed by atoms with van der Waals surface area (Å²) in [5, 5.41) is 0.871. The molecule has 1 heterocycles. The summed E-state index contributed by atoms with van der Waals surface area (Å²) in [6, 6.07) is 24.3. The molecule has 3 aromatic rings. The molecular formula is C25H27O3PS. The molecule has 1 saturated heterocycles. The monoisotopic (exact) mass is 438 g/mol. The second-order valence-corrected chi connectivity index (χ2v) is 11.8. The van der Waals surface area contributed by atoms with Crippen LogP contribution in [0.2, 0.25) is 0 Å². The van der Waals surface area contributed by atoms with Crippen LogP contribution in [-0.4, -0.2) is 13.0 Å². The van der Waals surface area contributed by atoms with Crippen molar-refractivity contribution in [3.05, 3.63) is 95.1 Å². The molecule has 0 aliphatic carbocycles. The lowest BCUT2D eigenvalue weighted by atomic mass is 10.0. The average Bonchev–Trinajstić information content (AvgIpc) is 3.18. The predicted octanol–water partition coefficient (Wildman–Crippen LogP) is 6.19. The van der Waals surface area contributed by atoms with Crippen molar-refractivity contribution in [2.45, 2.75) is 49.3 Å². The zero-order valence-corrected chi connectivity index (χ0v) is 19.0. The van der Waals surface area contributed by atoms with Crippen molar-refractivity contribution in [3.63, 3.8) is 0 Å². The van der Waals surface area contributed by atoms with Gasteiger partial charge < -0.3 is 0 Å². The van der Waals surface area contributed by atoms with E-state index >= 15 is 0 Å². The summed E-state index contributed by atoms with van der Waals surface area (Å²) in [5.41, 5.74) is 5.20. The minimum Gasteiger partial charge on any atom is -0.282 e. The molecule has 30 heavy (non-hydrogen) atoms. The van der Waals surface area contributed by atoms with Gasteiger partial charge in [0.05, 0.1) is 0 Å². The first kappa shape index (κ1) is 21.2. The lowest BCUT2D eigenvalue weighted by Crippen LogP contribution is -2.22. The van der Waals surface area contributed by atoms with Gasteiger partial charge in [0.15, 0.2) is 0 Å². The molecular weight excluding hydrogens is 411 g/mol. The lowest BCUT2D eigenvalue weighted by molar-refractivity contribution is 0.484. The molecule has 1 N–H and O–H groups in total. The highest BCUT2D eigenvalue weighted by atomic mass is 32.2. The van der Waals surface area contributed by atoms with Gasteiger partial charge in [-0.05, 0) is 54.5 Å². The van der Waals surface area contributed by atoms with Gasteiger partial charge in [0.25, 0.3) is 10.1 Å². The van der Waals surface area contributed by atoms with Gasteiger partial charge in [-0.25, -0.2) is 0 Å². The van der Waals surface area contributed by atoms with Gasteiger partial charge >= 0.3 is 0 Å². The van der Waals surface area contributed by atoms with Crippen LogP contribution in [0.5, 0.6) is 0 Å². The molecule has 1 aliphatic rings. The van der Waals surface area contributed by atoms with E-state index in [4.69, 9.17) is 0 Å². The summed E-state index contributed by atoms with van der Waals surface area (Å²) in [6.07, 6.45) is 2.76. The fourth-order valence-corrected chi connectivity index (χ4v) is 9.92. The number of rotatable bonds is 5.